The Morgan fingerprint density at radius 2 is 1.86 bits per heavy atom. The number of rotatable bonds is 5. The van der Waals surface area contributed by atoms with E-state index in [-0.39, 0.29) is 25.9 Å². The van der Waals surface area contributed by atoms with Gasteiger partial charge in [0, 0.05) is 24.7 Å². The van der Waals surface area contributed by atoms with Gasteiger partial charge in [0.1, 0.15) is 23.1 Å². The summed E-state index contributed by atoms with van der Waals surface area (Å²) in [4.78, 5) is 13.4. The molecule has 1 N–H and O–H groups in total. The van der Waals surface area contributed by atoms with E-state index in [0.717, 1.165) is 0 Å². The van der Waals surface area contributed by atoms with E-state index in [0.29, 0.717) is 17.1 Å². The van der Waals surface area contributed by atoms with Gasteiger partial charge in [-0.2, -0.15) is 13.2 Å². The molecule has 2 rings (SSSR count). The Hall–Kier alpha value is -2.16. The second kappa shape index (κ2) is 9.11. The number of hydrogen-bond acceptors (Lipinski definition) is 5. The van der Waals surface area contributed by atoms with Crippen molar-refractivity contribution < 1.29 is 32.2 Å². The zero-order valence-corrected chi connectivity index (χ0v) is 17.4. The summed E-state index contributed by atoms with van der Waals surface area (Å²) in [6.45, 7) is 5.25. The minimum atomic E-state index is -4.37. The standard InChI is InChI=1S/C20H29F3N2O4/c1-19(2,3)29-18(26)24-14-6-9-17(20(21,22)23)25(12-14)11-13-10-15(27-4)7-8-16(13)28-5/h7-8,10,14,17H,6,9,11-12H2,1-5H3,(H,24,26)/t14-,17-/m0/s1. The van der Waals surface area contributed by atoms with E-state index in [2.05, 4.69) is 5.32 Å². The summed E-state index contributed by atoms with van der Waals surface area (Å²) in [6, 6.07) is 2.97. The van der Waals surface area contributed by atoms with Gasteiger partial charge >= 0.3 is 12.3 Å². The van der Waals surface area contributed by atoms with Crippen molar-refractivity contribution in [2.75, 3.05) is 20.8 Å². The van der Waals surface area contributed by atoms with Gasteiger partial charge in [-0.3, -0.25) is 4.90 Å². The first-order chi connectivity index (χ1) is 13.4. The highest BCUT2D eigenvalue weighted by molar-refractivity contribution is 5.68. The van der Waals surface area contributed by atoms with E-state index in [4.69, 9.17) is 14.2 Å². The Bertz CT molecular complexity index is 704. The number of amides is 1. The monoisotopic (exact) mass is 418 g/mol. The number of hydrogen-bond donors (Lipinski definition) is 1. The number of carbonyl (C=O) groups is 1. The molecule has 0 aromatic heterocycles. The van der Waals surface area contributed by atoms with Crippen molar-refractivity contribution >= 4 is 6.09 Å². The number of piperidine rings is 1. The number of carbonyl (C=O) groups excluding carboxylic acids is 1. The van der Waals surface area contributed by atoms with Crippen molar-refractivity contribution in [3.8, 4) is 11.5 Å². The largest absolute Gasteiger partial charge is 0.497 e. The molecule has 164 valence electrons. The minimum absolute atomic E-state index is 0.0110. The molecule has 0 bridgehead atoms. The third kappa shape index (κ3) is 6.69. The lowest BCUT2D eigenvalue weighted by molar-refractivity contribution is -0.194. The van der Waals surface area contributed by atoms with Crippen LogP contribution in [0.5, 0.6) is 11.5 Å². The second-order valence-corrected chi connectivity index (χ2v) is 8.09. The lowest BCUT2D eigenvalue weighted by Gasteiger charge is -2.40. The maximum atomic E-state index is 13.6. The average Bonchev–Trinajstić information content (AvgIpc) is 2.59. The van der Waals surface area contributed by atoms with Crippen LogP contribution in [-0.4, -0.2) is 55.6 Å². The molecular weight excluding hydrogens is 389 g/mol. The van der Waals surface area contributed by atoms with Gasteiger partial charge in [0.15, 0.2) is 0 Å². The number of nitrogens with zero attached hydrogens (tertiary/aromatic N) is 1. The van der Waals surface area contributed by atoms with Crippen LogP contribution < -0.4 is 14.8 Å². The molecule has 1 heterocycles. The Kier molecular flexibility index (Phi) is 7.26. The first-order valence-electron chi connectivity index (χ1n) is 9.44. The van der Waals surface area contributed by atoms with Crippen LogP contribution in [0, 0.1) is 0 Å². The van der Waals surface area contributed by atoms with E-state index in [1.807, 2.05) is 0 Å². The van der Waals surface area contributed by atoms with Crippen molar-refractivity contribution in [1.29, 1.82) is 0 Å². The smallest absolute Gasteiger partial charge is 0.407 e. The molecule has 1 aliphatic heterocycles. The molecule has 1 aliphatic rings. The molecule has 1 aromatic rings. The fourth-order valence-corrected chi connectivity index (χ4v) is 3.40. The van der Waals surface area contributed by atoms with Gasteiger partial charge in [-0.05, 0) is 51.8 Å². The number of nitrogens with one attached hydrogen (secondary N) is 1. The van der Waals surface area contributed by atoms with Gasteiger partial charge in [0.25, 0.3) is 0 Å². The molecule has 29 heavy (non-hydrogen) atoms. The summed E-state index contributed by atoms with van der Waals surface area (Å²) in [5.41, 5.74) is -0.0972. The van der Waals surface area contributed by atoms with Crippen LogP contribution in [0.15, 0.2) is 18.2 Å². The normalized spacial score (nSPS) is 20.8. The van der Waals surface area contributed by atoms with E-state index in [1.54, 1.807) is 39.0 Å². The van der Waals surface area contributed by atoms with Gasteiger partial charge in [-0.15, -0.1) is 0 Å². The molecule has 0 unspecified atom stereocenters. The summed E-state index contributed by atoms with van der Waals surface area (Å²) in [5.74, 6) is 1.01. The molecule has 0 saturated carbocycles. The van der Waals surface area contributed by atoms with E-state index >= 15 is 0 Å². The highest BCUT2D eigenvalue weighted by Gasteiger charge is 2.46. The maximum absolute atomic E-state index is 13.6. The Morgan fingerprint density at radius 1 is 1.17 bits per heavy atom. The quantitative estimate of drug-likeness (QED) is 0.779. The third-order valence-corrected chi connectivity index (χ3v) is 4.64. The summed E-state index contributed by atoms with van der Waals surface area (Å²) in [5, 5.41) is 2.69. The molecule has 0 aliphatic carbocycles. The maximum Gasteiger partial charge on any atom is 0.407 e. The lowest BCUT2D eigenvalue weighted by Crippen LogP contribution is -2.56. The zero-order chi connectivity index (χ0) is 21.8. The van der Waals surface area contributed by atoms with Gasteiger partial charge in [0.05, 0.1) is 14.2 Å². The molecule has 6 nitrogen and oxygen atoms in total. The van der Waals surface area contributed by atoms with Gasteiger partial charge in [-0.25, -0.2) is 4.79 Å². The average molecular weight is 418 g/mol. The van der Waals surface area contributed by atoms with Crippen molar-refractivity contribution in [2.24, 2.45) is 0 Å². The predicted octanol–water partition coefficient (Wildman–Crippen LogP) is 4.12. The summed E-state index contributed by atoms with van der Waals surface area (Å²) in [6.07, 6.45) is -4.90. The highest BCUT2D eigenvalue weighted by Crippen LogP contribution is 2.35. The number of alkyl halides is 3. The minimum Gasteiger partial charge on any atom is -0.497 e. The van der Waals surface area contributed by atoms with E-state index in [1.165, 1.54) is 19.1 Å². The number of methoxy groups -OCH3 is 2. The van der Waals surface area contributed by atoms with Crippen LogP contribution >= 0.6 is 0 Å². The fourth-order valence-electron chi connectivity index (χ4n) is 3.40. The summed E-state index contributed by atoms with van der Waals surface area (Å²) >= 11 is 0. The van der Waals surface area contributed by atoms with Gasteiger partial charge in [-0.1, -0.05) is 0 Å². The summed E-state index contributed by atoms with van der Waals surface area (Å²) in [7, 11) is 2.96. The number of halogens is 3. The van der Waals surface area contributed by atoms with E-state index in [9.17, 15) is 18.0 Å². The molecule has 2 atom stereocenters. The molecule has 1 fully saturated rings. The third-order valence-electron chi connectivity index (χ3n) is 4.64. The number of benzene rings is 1. The molecule has 0 radical (unpaired) electrons. The predicted molar refractivity (Wildman–Crippen MR) is 102 cm³/mol. The Labute approximate surface area is 169 Å². The van der Waals surface area contributed by atoms with Crippen LogP contribution in [-0.2, 0) is 11.3 Å². The van der Waals surface area contributed by atoms with Crippen molar-refractivity contribution in [2.45, 2.75) is 64.0 Å². The number of likely N-dealkylation sites (tertiary alicyclic amines) is 1. The van der Waals surface area contributed by atoms with Crippen LogP contribution in [0.1, 0.15) is 39.2 Å². The van der Waals surface area contributed by atoms with Crippen molar-refractivity contribution in [3.05, 3.63) is 23.8 Å². The topological polar surface area (TPSA) is 60.0 Å². The Balaban J connectivity index is 2.19. The fraction of sp³-hybridized carbons (Fsp3) is 0.650. The summed E-state index contributed by atoms with van der Waals surface area (Å²) < 4.78 is 56.6. The lowest BCUT2D eigenvalue weighted by atomic mass is 9.96. The van der Waals surface area contributed by atoms with Gasteiger partial charge < -0.3 is 19.5 Å². The second-order valence-electron chi connectivity index (χ2n) is 8.09. The highest BCUT2D eigenvalue weighted by atomic mass is 19.4. The van der Waals surface area contributed by atoms with Crippen LogP contribution in [0.3, 0.4) is 0 Å². The molecule has 1 saturated heterocycles. The molecule has 1 amide bonds. The molecular formula is C20H29F3N2O4. The van der Waals surface area contributed by atoms with Crippen LogP contribution in [0.4, 0.5) is 18.0 Å². The number of alkyl carbamates (subject to hydrolysis) is 1. The molecule has 1 aromatic carbocycles. The number of ether oxygens (including phenoxy) is 3. The van der Waals surface area contributed by atoms with Crippen LogP contribution in [0.25, 0.3) is 0 Å². The first kappa shape index (κ1) is 23.1. The van der Waals surface area contributed by atoms with E-state index < -0.39 is 30.0 Å². The van der Waals surface area contributed by atoms with Crippen molar-refractivity contribution in [1.82, 2.24) is 10.2 Å². The van der Waals surface area contributed by atoms with Crippen LogP contribution in [0.2, 0.25) is 0 Å². The zero-order valence-electron chi connectivity index (χ0n) is 17.4. The molecule has 9 heteroatoms. The Morgan fingerprint density at radius 3 is 2.41 bits per heavy atom. The molecule has 0 spiro atoms. The van der Waals surface area contributed by atoms with Gasteiger partial charge in [0.2, 0.25) is 0 Å². The SMILES string of the molecule is COc1ccc(OC)c(CN2C[C@@H](NC(=O)OC(C)(C)C)CC[C@H]2C(F)(F)F)c1. The first-order valence-corrected chi connectivity index (χ1v) is 9.44. The van der Waals surface area contributed by atoms with Crippen molar-refractivity contribution in [3.63, 3.8) is 0 Å².